The summed E-state index contributed by atoms with van der Waals surface area (Å²) in [6.45, 7) is 18.0. The highest BCUT2D eigenvalue weighted by atomic mass is 35.5. The van der Waals surface area contributed by atoms with Gasteiger partial charge in [-0.3, -0.25) is 0 Å². The summed E-state index contributed by atoms with van der Waals surface area (Å²) >= 11 is 6.17. The largest absolute Gasteiger partial charge is 0.372 e. The summed E-state index contributed by atoms with van der Waals surface area (Å²) in [6.07, 6.45) is 4.03. The maximum absolute atomic E-state index is 13.1. The Kier molecular flexibility index (Phi) is 17.3. The maximum Gasteiger partial charge on any atom is 0.123 e. The van der Waals surface area contributed by atoms with Crippen LogP contribution in [0.3, 0.4) is 0 Å². The Morgan fingerprint density at radius 3 is 2.30 bits per heavy atom. The van der Waals surface area contributed by atoms with Gasteiger partial charge in [-0.25, -0.2) is 8.78 Å². The second kappa shape index (κ2) is 18.4. The van der Waals surface area contributed by atoms with Crippen LogP contribution in [0.5, 0.6) is 0 Å². The molecular formula is C28H40ClF2NO. The van der Waals surface area contributed by atoms with Gasteiger partial charge in [-0.05, 0) is 68.1 Å². The Bertz CT molecular complexity index is 804. The fraction of sp³-hybridized carbons (Fsp3) is 0.429. The van der Waals surface area contributed by atoms with Gasteiger partial charge in [-0.1, -0.05) is 69.3 Å². The first kappa shape index (κ1) is 31.0. The molecule has 1 aliphatic rings. The fourth-order valence-electron chi connectivity index (χ4n) is 3.03. The molecule has 2 nitrogen and oxygen atoms in total. The first-order valence-electron chi connectivity index (χ1n) is 11.5. The van der Waals surface area contributed by atoms with Crippen molar-refractivity contribution in [2.24, 2.45) is 0 Å². The van der Waals surface area contributed by atoms with Crippen LogP contribution < -0.4 is 5.32 Å². The smallest absolute Gasteiger partial charge is 0.123 e. The van der Waals surface area contributed by atoms with Crippen LogP contribution in [0.15, 0.2) is 67.5 Å². The normalized spacial score (nSPS) is 16.6. The van der Waals surface area contributed by atoms with Crippen LogP contribution in [0.25, 0.3) is 0 Å². The third kappa shape index (κ3) is 13.3. The van der Waals surface area contributed by atoms with E-state index in [1.807, 2.05) is 57.2 Å². The molecule has 1 aliphatic heterocycles. The summed E-state index contributed by atoms with van der Waals surface area (Å²) in [7, 11) is 0. The van der Waals surface area contributed by atoms with Crippen LogP contribution in [-0.2, 0) is 11.3 Å². The quantitative estimate of drug-likeness (QED) is 0.433. The summed E-state index contributed by atoms with van der Waals surface area (Å²) in [5, 5.41) is 4.14. The first-order valence-corrected chi connectivity index (χ1v) is 11.9. The highest BCUT2D eigenvalue weighted by Crippen LogP contribution is 2.29. The molecule has 0 aromatic heterocycles. The molecule has 5 heteroatoms. The molecule has 1 saturated heterocycles. The molecule has 0 saturated carbocycles. The van der Waals surface area contributed by atoms with Crippen molar-refractivity contribution in [2.75, 3.05) is 13.1 Å². The highest BCUT2D eigenvalue weighted by molar-refractivity contribution is 6.31. The van der Waals surface area contributed by atoms with E-state index >= 15 is 0 Å². The molecule has 0 amide bonds. The van der Waals surface area contributed by atoms with Gasteiger partial charge < -0.3 is 10.1 Å². The molecule has 3 rings (SSSR count). The number of aryl methyl sites for hydroxylation is 1. The minimum atomic E-state index is -0.333. The minimum Gasteiger partial charge on any atom is -0.372 e. The monoisotopic (exact) mass is 479 g/mol. The van der Waals surface area contributed by atoms with E-state index in [0.717, 1.165) is 47.6 Å². The Morgan fingerprint density at radius 1 is 1.21 bits per heavy atom. The second-order valence-corrected chi connectivity index (χ2v) is 7.86. The Balaban J connectivity index is 0.000000877. The first-order chi connectivity index (χ1) is 15.8. The number of benzene rings is 2. The summed E-state index contributed by atoms with van der Waals surface area (Å²) in [5.74, 6) is -0.243. The predicted octanol–water partition coefficient (Wildman–Crippen LogP) is 8.55. The van der Waals surface area contributed by atoms with Crippen molar-refractivity contribution in [1.82, 2.24) is 5.32 Å². The standard InChI is InChI=1S/C19H21ClFNO.C4H8.C3H5F.C2H6/c1-13-2-3-14(10-18(13)20)12-23-19-11-22-9-8-17(19)15-4-6-16(21)7-5-15;1-3-4-2;1-3(2)4;1-2/h2-7,10,17,19,22H,8-9,11-12H2,1H3;3H,1,4H2,2H3;1H2,2H3;1-2H3. The molecule has 1 fully saturated rings. The van der Waals surface area contributed by atoms with Crippen LogP contribution in [0, 0.1) is 12.7 Å². The average molecular weight is 480 g/mol. The molecule has 0 bridgehead atoms. The van der Waals surface area contributed by atoms with Gasteiger partial charge in [-0.2, -0.15) is 0 Å². The van der Waals surface area contributed by atoms with Crippen LogP contribution in [0.4, 0.5) is 8.78 Å². The number of hydrogen-bond acceptors (Lipinski definition) is 2. The van der Waals surface area contributed by atoms with Crippen molar-refractivity contribution < 1.29 is 13.5 Å². The topological polar surface area (TPSA) is 21.3 Å². The molecule has 2 atom stereocenters. The molecule has 1 heterocycles. The van der Waals surface area contributed by atoms with Crippen molar-refractivity contribution >= 4 is 11.6 Å². The fourth-order valence-corrected chi connectivity index (χ4v) is 3.23. The summed E-state index contributed by atoms with van der Waals surface area (Å²) in [5.41, 5.74) is 3.28. The minimum absolute atomic E-state index is 0.0780. The lowest BCUT2D eigenvalue weighted by atomic mass is 9.88. The number of piperidine rings is 1. The van der Waals surface area contributed by atoms with Gasteiger partial charge in [0.15, 0.2) is 0 Å². The number of ether oxygens (including phenoxy) is 1. The number of hydrogen-bond donors (Lipinski definition) is 1. The van der Waals surface area contributed by atoms with Gasteiger partial charge in [0.25, 0.3) is 0 Å². The van der Waals surface area contributed by atoms with Gasteiger partial charge in [0.05, 0.1) is 18.5 Å². The third-order valence-corrected chi connectivity index (χ3v) is 5.12. The predicted molar refractivity (Wildman–Crippen MR) is 139 cm³/mol. The summed E-state index contributed by atoms with van der Waals surface area (Å²) < 4.78 is 30.1. The van der Waals surface area contributed by atoms with E-state index in [9.17, 15) is 8.78 Å². The summed E-state index contributed by atoms with van der Waals surface area (Å²) in [6, 6.07) is 12.8. The van der Waals surface area contributed by atoms with E-state index in [1.54, 1.807) is 0 Å². The van der Waals surface area contributed by atoms with Gasteiger partial charge in [-0.15, -0.1) is 6.58 Å². The molecule has 184 valence electrons. The van der Waals surface area contributed by atoms with E-state index < -0.39 is 0 Å². The van der Waals surface area contributed by atoms with Gasteiger partial charge in [0, 0.05) is 17.5 Å². The van der Waals surface area contributed by atoms with E-state index in [1.165, 1.54) is 19.1 Å². The Labute approximate surface area is 204 Å². The van der Waals surface area contributed by atoms with Crippen molar-refractivity contribution in [3.05, 3.63) is 95.1 Å². The molecule has 2 unspecified atom stereocenters. The Morgan fingerprint density at radius 2 is 1.79 bits per heavy atom. The van der Waals surface area contributed by atoms with Crippen molar-refractivity contribution in [2.45, 2.75) is 66.1 Å². The van der Waals surface area contributed by atoms with Crippen LogP contribution in [-0.4, -0.2) is 19.2 Å². The number of nitrogens with one attached hydrogen (secondary N) is 1. The summed E-state index contributed by atoms with van der Waals surface area (Å²) in [4.78, 5) is 0. The lowest BCUT2D eigenvalue weighted by Crippen LogP contribution is -2.40. The van der Waals surface area contributed by atoms with Gasteiger partial charge in [0.2, 0.25) is 0 Å². The molecule has 1 N–H and O–H groups in total. The number of rotatable bonds is 5. The highest BCUT2D eigenvalue weighted by Gasteiger charge is 2.27. The van der Waals surface area contributed by atoms with E-state index in [0.29, 0.717) is 6.61 Å². The number of allylic oxidation sites excluding steroid dienone is 2. The van der Waals surface area contributed by atoms with E-state index in [-0.39, 0.29) is 23.7 Å². The molecule has 0 spiro atoms. The maximum atomic E-state index is 13.1. The van der Waals surface area contributed by atoms with Crippen LogP contribution in [0.1, 0.15) is 63.1 Å². The lowest BCUT2D eigenvalue weighted by molar-refractivity contribution is 0.0106. The zero-order valence-electron chi connectivity index (χ0n) is 20.8. The van der Waals surface area contributed by atoms with E-state index in [2.05, 4.69) is 25.4 Å². The molecule has 33 heavy (non-hydrogen) atoms. The Hall–Kier alpha value is -2.01. The zero-order valence-corrected chi connectivity index (χ0v) is 21.5. The molecule has 0 aliphatic carbocycles. The van der Waals surface area contributed by atoms with E-state index in [4.69, 9.17) is 16.3 Å². The number of halogens is 3. The van der Waals surface area contributed by atoms with Crippen molar-refractivity contribution in [3.8, 4) is 0 Å². The molecule has 0 radical (unpaired) electrons. The average Bonchev–Trinajstić information content (AvgIpc) is 2.82. The lowest BCUT2D eigenvalue weighted by Gasteiger charge is -2.32. The SMILES string of the molecule is C=C(C)F.C=CCC.CC.Cc1ccc(COC2CNCCC2c2ccc(F)cc2)cc1Cl. The van der Waals surface area contributed by atoms with Gasteiger partial charge in [0.1, 0.15) is 5.82 Å². The second-order valence-electron chi connectivity index (χ2n) is 7.46. The molecular weight excluding hydrogens is 440 g/mol. The molecule has 2 aromatic carbocycles. The third-order valence-electron chi connectivity index (χ3n) is 4.71. The zero-order chi connectivity index (χ0) is 25.2. The van der Waals surface area contributed by atoms with Crippen molar-refractivity contribution in [1.29, 1.82) is 0 Å². The van der Waals surface area contributed by atoms with Crippen LogP contribution in [0.2, 0.25) is 5.02 Å². The van der Waals surface area contributed by atoms with Crippen LogP contribution >= 0.6 is 11.6 Å². The van der Waals surface area contributed by atoms with Crippen molar-refractivity contribution in [3.63, 3.8) is 0 Å². The molecule has 2 aromatic rings. The van der Waals surface area contributed by atoms with Gasteiger partial charge >= 0.3 is 0 Å².